The number of hydrogen-bond donors (Lipinski definition) is 2. The molecule has 0 aliphatic heterocycles. The number of rotatable bonds is 5. The molecular formula is C16H18N2O2S. The maximum Gasteiger partial charge on any atom is 0.251 e. The average Bonchev–Trinajstić information content (AvgIpc) is 2.50. The van der Waals surface area contributed by atoms with Gasteiger partial charge in [-0.25, -0.2) is 0 Å². The van der Waals surface area contributed by atoms with Crippen LogP contribution in [0.4, 0.5) is 5.69 Å². The maximum absolute atomic E-state index is 11.8. The van der Waals surface area contributed by atoms with Gasteiger partial charge in [0.1, 0.15) is 11.5 Å². The first-order chi connectivity index (χ1) is 10.2. The molecule has 0 unspecified atom stereocenters. The highest BCUT2D eigenvalue weighted by molar-refractivity contribution is 7.98. The van der Waals surface area contributed by atoms with Crippen molar-refractivity contribution < 1.29 is 9.53 Å². The van der Waals surface area contributed by atoms with Gasteiger partial charge in [-0.1, -0.05) is 12.1 Å². The number of hydrogen-bond acceptors (Lipinski definition) is 4. The molecule has 4 nitrogen and oxygen atoms in total. The third kappa shape index (κ3) is 3.70. The molecule has 5 heteroatoms. The fraction of sp³-hybridized carbons (Fsp3) is 0.188. The number of nitrogen functional groups attached to an aromatic ring is 1. The molecule has 0 radical (unpaired) electrons. The molecule has 0 aromatic heterocycles. The van der Waals surface area contributed by atoms with Crippen molar-refractivity contribution in [3.63, 3.8) is 0 Å². The van der Waals surface area contributed by atoms with Gasteiger partial charge in [-0.05, 0) is 43.5 Å². The molecule has 0 bridgehead atoms. The number of ether oxygens (including phenoxy) is 1. The number of benzene rings is 2. The minimum Gasteiger partial charge on any atom is -0.454 e. The molecule has 0 saturated heterocycles. The van der Waals surface area contributed by atoms with E-state index >= 15 is 0 Å². The van der Waals surface area contributed by atoms with Crippen LogP contribution in [0.1, 0.15) is 17.3 Å². The lowest BCUT2D eigenvalue weighted by Crippen LogP contribution is -2.22. The zero-order valence-electron chi connectivity index (χ0n) is 12.1. The summed E-state index contributed by atoms with van der Waals surface area (Å²) >= 11 is 1.61. The first-order valence-corrected chi connectivity index (χ1v) is 7.86. The van der Waals surface area contributed by atoms with Crippen LogP contribution in [0.5, 0.6) is 11.5 Å². The van der Waals surface area contributed by atoms with Crippen molar-refractivity contribution in [1.82, 2.24) is 5.32 Å². The van der Waals surface area contributed by atoms with Gasteiger partial charge in [0.25, 0.3) is 5.91 Å². The van der Waals surface area contributed by atoms with Crippen LogP contribution >= 0.6 is 11.8 Å². The molecule has 21 heavy (non-hydrogen) atoms. The lowest BCUT2D eigenvalue weighted by atomic mass is 10.1. The van der Waals surface area contributed by atoms with E-state index in [1.54, 1.807) is 30.0 Å². The number of carbonyl (C=O) groups is 1. The van der Waals surface area contributed by atoms with E-state index in [9.17, 15) is 4.79 Å². The molecule has 1 amide bonds. The monoisotopic (exact) mass is 302 g/mol. The lowest BCUT2D eigenvalue weighted by Gasteiger charge is -2.12. The van der Waals surface area contributed by atoms with Crippen molar-refractivity contribution in [2.45, 2.75) is 11.8 Å². The zero-order valence-corrected chi connectivity index (χ0v) is 12.9. The van der Waals surface area contributed by atoms with Gasteiger partial charge < -0.3 is 15.8 Å². The summed E-state index contributed by atoms with van der Waals surface area (Å²) < 4.78 is 5.85. The van der Waals surface area contributed by atoms with Crippen molar-refractivity contribution in [2.24, 2.45) is 0 Å². The van der Waals surface area contributed by atoms with Crippen LogP contribution in [-0.2, 0) is 0 Å². The molecule has 2 aromatic rings. The first-order valence-electron chi connectivity index (χ1n) is 6.64. The van der Waals surface area contributed by atoms with E-state index in [-0.39, 0.29) is 5.91 Å². The van der Waals surface area contributed by atoms with Gasteiger partial charge in [0.2, 0.25) is 0 Å². The fourth-order valence-corrected chi connectivity index (χ4v) is 2.39. The number of para-hydroxylation sites is 1. The van der Waals surface area contributed by atoms with Crippen LogP contribution in [0.3, 0.4) is 0 Å². The normalized spacial score (nSPS) is 10.2. The van der Waals surface area contributed by atoms with Gasteiger partial charge in [-0.3, -0.25) is 4.79 Å². The summed E-state index contributed by atoms with van der Waals surface area (Å²) in [6.45, 7) is 2.45. The van der Waals surface area contributed by atoms with Crippen LogP contribution in [0, 0.1) is 0 Å². The summed E-state index contributed by atoms with van der Waals surface area (Å²) in [4.78, 5) is 12.8. The molecule has 0 aliphatic carbocycles. The Labute approximate surface area is 128 Å². The highest BCUT2D eigenvalue weighted by atomic mass is 32.2. The molecule has 2 aromatic carbocycles. The van der Waals surface area contributed by atoms with Crippen LogP contribution in [0.15, 0.2) is 47.4 Å². The number of thioether (sulfide) groups is 1. The van der Waals surface area contributed by atoms with E-state index in [0.29, 0.717) is 23.5 Å². The molecule has 0 fully saturated rings. The quantitative estimate of drug-likeness (QED) is 0.655. The number of nitrogens with one attached hydrogen (secondary N) is 1. The van der Waals surface area contributed by atoms with Gasteiger partial charge in [0, 0.05) is 17.0 Å². The maximum atomic E-state index is 11.8. The summed E-state index contributed by atoms with van der Waals surface area (Å²) in [6, 6.07) is 12.8. The topological polar surface area (TPSA) is 64.3 Å². The van der Waals surface area contributed by atoms with Crippen LogP contribution in [0.2, 0.25) is 0 Å². The van der Waals surface area contributed by atoms with Crippen LogP contribution in [0.25, 0.3) is 0 Å². The average molecular weight is 302 g/mol. The second-order valence-corrected chi connectivity index (χ2v) is 5.21. The summed E-state index contributed by atoms with van der Waals surface area (Å²) in [5.74, 6) is 1.16. The predicted octanol–water partition coefficient (Wildman–Crippen LogP) is 3.53. The Bertz CT molecular complexity index is 644. The standard InChI is InChI=1S/C16H18N2O2S/c1-3-18-16(19)11-8-9-13(12(17)10-11)20-14-6-4-5-7-15(14)21-2/h4-10H,3,17H2,1-2H3,(H,18,19). The molecule has 0 atom stereocenters. The van der Waals surface area contributed by atoms with E-state index in [2.05, 4.69) is 5.32 Å². The Morgan fingerprint density at radius 3 is 2.67 bits per heavy atom. The molecule has 0 saturated carbocycles. The molecule has 3 N–H and O–H groups in total. The Balaban J connectivity index is 2.23. The van der Waals surface area contributed by atoms with E-state index in [4.69, 9.17) is 10.5 Å². The molecule has 2 rings (SSSR count). The van der Waals surface area contributed by atoms with Crippen LogP contribution in [-0.4, -0.2) is 18.7 Å². The smallest absolute Gasteiger partial charge is 0.251 e. The number of anilines is 1. The third-order valence-electron chi connectivity index (χ3n) is 2.90. The van der Waals surface area contributed by atoms with Gasteiger partial charge in [-0.2, -0.15) is 0 Å². The Morgan fingerprint density at radius 2 is 2.00 bits per heavy atom. The van der Waals surface area contributed by atoms with Crippen LogP contribution < -0.4 is 15.8 Å². The molecular weight excluding hydrogens is 284 g/mol. The van der Waals surface area contributed by atoms with Gasteiger partial charge in [-0.15, -0.1) is 11.8 Å². The highest BCUT2D eigenvalue weighted by Gasteiger charge is 2.10. The fourth-order valence-electron chi connectivity index (χ4n) is 1.87. The molecule has 0 spiro atoms. The van der Waals surface area contributed by atoms with Crippen molar-refractivity contribution >= 4 is 23.4 Å². The van der Waals surface area contributed by atoms with Gasteiger partial charge in [0.15, 0.2) is 0 Å². The van der Waals surface area contributed by atoms with E-state index in [1.165, 1.54) is 0 Å². The van der Waals surface area contributed by atoms with E-state index in [1.807, 2.05) is 37.4 Å². The van der Waals surface area contributed by atoms with Crippen molar-refractivity contribution in [3.8, 4) is 11.5 Å². The third-order valence-corrected chi connectivity index (χ3v) is 3.68. The summed E-state index contributed by atoms with van der Waals surface area (Å²) in [7, 11) is 0. The molecule has 0 heterocycles. The lowest BCUT2D eigenvalue weighted by molar-refractivity contribution is 0.0956. The molecule has 0 aliphatic rings. The Kier molecular flexibility index (Phi) is 5.11. The van der Waals surface area contributed by atoms with E-state index in [0.717, 1.165) is 10.6 Å². The van der Waals surface area contributed by atoms with Crippen molar-refractivity contribution in [3.05, 3.63) is 48.0 Å². The summed E-state index contributed by atoms with van der Waals surface area (Å²) in [5.41, 5.74) is 6.95. The number of nitrogens with two attached hydrogens (primary N) is 1. The SMILES string of the molecule is CCNC(=O)c1ccc(Oc2ccccc2SC)c(N)c1. The number of carbonyl (C=O) groups excluding carboxylic acids is 1. The van der Waals surface area contributed by atoms with Gasteiger partial charge >= 0.3 is 0 Å². The Morgan fingerprint density at radius 1 is 1.24 bits per heavy atom. The predicted molar refractivity (Wildman–Crippen MR) is 87.2 cm³/mol. The second-order valence-electron chi connectivity index (χ2n) is 4.36. The minimum absolute atomic E-state index is 0.139. The minimum atomic E-state index is -0.139. The van der Waals surface area contributed by atoms with Crippen molar-refractivity contribution in [1.29, 1.82) is 0 Å². The zero-order chi connectivity index (χ0) is 15.2. The second kappa shape index (κ2) is 7.04. The van der Waals surface area contributed by atoms with Gasteiger partial charge in [0.05, 0.1) is 5.69 Å². The first kappa shape index (κ1) is 15.3. The van der Waals surface area contributed by atoms with E-state index < -0.39 is 0 Å². The highest BCUT2D eigenvalue weighted by Crippen LogP contribution is 2.34. The number of amides is 1. The largest absolute Gasteiger partial charge is 0.454 e. The summed E-state index contributed by atoms with van der Waals surface area (Å²) in [6.07, 6.45) is 1.99. The molecule has 110 valence electrons. The summed E-state index contributed by atoms with van der Waals surface area (Å²) in [5, 5.41) is 2.74. The Hall–Kier alpha value is -2.14. The van der Waals surface area contributed by atoms with Crippen molar-refractivity contribution in [2.75, 3.05) is 18.5 Å².